The Kier molecular flexibility index (Phi) is 5.69. The first kappa shape index (κ1) is 19.0. The highest BCUT2D eigenvalue weighted by Crippen LogP contribution is 2.46. The molecule has 3 aliphatic rings. The van der Waals surface area contributed by atoms with E-state index >= 15 is 0 Å². The topological polar surface area (TPSA) is 54.0 Å². The van der Waals surface area contributed by atoms with Gasteiger partial charge in [0.15, 0.2) is 11.5 Å². The number of carbonyl (C=O) groups excluding carboxylic acids is 1. The van der Waals surface area contributed by atoms with Crippen molar-refractivity contribution in [1.29, 1.82) is 0 Å². The fraction of sp³-hybridized carbons (Fsp3) is 0.381. The van der Waals surface area contributed by atoms with Crippen LogP contribution in [0.1, 0.15) is 12.0 Å². The Morgan fingerprint density at radius 1 is 1.14 bits per heavy atom. The quantitative estimate of drug-likeness (QED) is 0.789. The summed E-state index contributed by atoms with van der Waals surface area (Å²) in [7, 11) is 3.73. The third kappa shape index (κ3) is 3.80. The Morgan fingerprint density at radius 3 is 2.82 bits per heavy atom. The van der Waals surface area contributed by atoms with Crippen molar-refractivity contribution in [2.75, 3.05) is 40.4 Å². The second-order valence-corrected chi connectivity index (χ2v) is 8.39. The molecule has 4 rings (SSSR count). The molecule has 0 spiro atoms. The van der Waals surface area contributed by atoms with Crippen LogP contribution in [0.15, 0.2) is 48.3 Å². The van der Waals surface area contributed by atoms with Crippen molar-refractivity contribution in [3.8, 4) is 11.5 Å². The van der Waals surface area contributed by atoms with Gasteiger partial charge in [-0.1, -0.05) is 20.7 Å². The first-order chi connectivity index (χ1) is 13.7. The standard InChI is InChI=1S/C21H26N3O3P/c1-26-17-6-4-15(12-18(17)27-2)19-13-20(25)24-14-16(5-7-21(24)28-19)23-10-3-8-22-9-11-23/h4-7,12-14,21-22,28H,3,8-11H2,1-2H3. The van der Waals surface area contributed by atoms with Gasteiger partial charge in [0.2, 0.25) is 0 Å². The van der Waals surface area contributed by atoms with Crippen LogP contribution in [-0.4, -0.2) is 61.9 Å². The number of nitrogens with zero attached hydrogens (tertiary/aromatic N) is 2. The normalized spacial score (nSPS) is 23.1. The zero-order valence-corrected chi connectivity index (χ0v) is 17.3. The number of fused-ring (bicyclic) bond motifs is 1. The van der Waals surface area contributed by atoms with E-state index in [-0.39, 0.29) is 11.7 Å². The second-order valence-electron chi connectivity index (χ2n) is 6.97. The number of carbonyl (C=O) groups is 1. The van der Waals surface area contributed by atoms with Gasteiger partial charge in [0.1, 0.15) is 0 Å². The molecule has 3 aliphatic heterocycles. The molecule has 0 aliphatic carbocycles. The Bertz CT molecular complexity index is 841. The summed E-state index contributed by atoms with van der Waals surface area (Å²) >= 11 is 0. The van der Waals surface area contributed by atoms with E-state index in [1.165, 1.54) is 0 Å². The predicted molar refractivity (Wildman–Crippen MR) is 113 cm³/mol. The molecule has 148 valence electrons. The van der Waals surface area contributed by atoms with Crippen LogP contribution in [0.2, 0.25) is 0 Å². The van der Waals surface area contributed by atoms with Gasteiger partial charge in [-0.25, -0.2) is 0 Å². The summed E-state index contributed by atoms with van der Waals surface area (Å²) in [6.07, 6.45) is 9.23. The molecular formula is C21H26N3O3P. The van der Waals surface area contributed by atoms with Gasteiger partial charge in [0.25, 0.3) is 5.91 Å². The fourth-order valence-electron chi connectivity index (χ4n) is 3.73. The van der Waals surface area contributed by atoms with Gasteiger partial charge in [-0.2, -0.15) is 0 Å². The Labute approximate surface area is 167 Å². The van der Waals surface area contributed by atoms with E-state index in [2.05, 4.69) is 22.4 Å². The summed E-state index contributed by atoms with van der Waals surface area (Å²) in [4.78, 5) is 17.1. The molecule has 0 bridgehead atoms. The summed E-state index contributed by atoms with van der Waals surface area (Å²) in [6, 6.07) is 5.82. The van der Waals surface area contributed by atoms with Crippen LogP contribution in [0.5, 0.6) is 11.5 Å². The number of rotatable bonds is 4. The van der Waals surface area contributed by atoms with Gasteiger partial charge in [-0.3, -0.25) is 4.79 Å². The number of benzene rings is 1. The van der Waals surface area contributed by atoms with Gasteiger partial charge in [0, 0.05) is 31.9 Å². The van der Waals surface area contributed by atoms with E-state index in [1.54, 1.807) is 20.3 Å². The zero-order chi connectivity index (χ0) is 19.5. The monoisotopic (exact) mass is 399 g/mol. The smallest absolute Gasteiger partial charge is 0.252 e. The third-order valence-corrected chi connectivity index (χ3v) is 6.76. The minimum absolute atomic E-state index is 0.0309. The maximum atomic E-state index is 12.9. The largest absolute Gasteiger partial charge is 0.493 e. The van der Waals surface area contributed by atoms with Gasteiger partial charge < -0.3 is 24.6 Å². The summed E-state index contributed by atoms with van der Waals surface area (Å²) in [5.74, 6) is 1.48. The molecule has 0 saturated carbocycles. The first-order valence-electron chi connectivity index (χ1n) is 9.58. The van der Waals surface area contributed by atoms with E-state index in [4.69, 9.17) is 9.47 Å². The molecular weight excluding hydrogens is 373 g/mol. The third-order valence-electron chi connectivity index (χ3n) is 5.25. The molecule has 0 aromatic heterocycles. The lowest BCUT2D eigenvalue weighted by atomic mass is 10.1. The average molecular weight is 399 g/mol. The van der Waals surface area contributed by atoms with Gasteiger partial charge in [-0.05, 0) is 42.1 Å². The Balaban J connectivity index is 1.56. The molecule has 0 radical (unpaired) electrons. The Morgan fingerprint density at radius 2 is 2.00 bits per heavy atom. The first-order valence-corrected chi connectivity index (χ1v) is 10.7. The highest BCUT2D eigenvalue weighted by atomic mass is 31.1. The molecule has 1 amide bonds. The van der Waals surface area contributed by atoms with Crippen molar-refractivity contribution in [2.24, 2.45) is 0 Å². The van der Waals surface area contributed by atoms with Gasteiger partial charge in [0.05, 0.1) is 25.7 Å². The van der Waals surface area contributed by atoms with Crippen LogP contribution in [0.25, 0.3) is 5.31 Å². The van der Waals surface area contributed by atoms with Crippen LogP contribution in [-0.2, 0) is 4.79 Å². The fourth-order valence-corrected chi connectivity index (χ4v) is 5.11. The van der Waals surface area contributed by atoms with Gasteiger partial charge in [-0.15, -0.1) is 0 Å². The van der Waals surface area contributed by atoms with E-state index in [0.717, 1.165) is 49.2 Å². The van der Waals surface area contributed by atoms with E-state index in [0.29, 0.717) is 20.1 Å². The molecule has 6 nitrogen and oxygen atoms in total. The van der Waals surface area contributed by atoms with Crippen molar-refractivity contribution < 1.29 is 14.3 Å². The molecule has 28 heavy (non-hydrogen) atoms. The maximum absolute atomic E-state index is 12.9. The molecule has 7 heteroatoms. The summed E-state index contributed by atoms with van der Waals surface area (Å²) < 4.78 is 10.7. The zero-order valence-electron chi connectivity index (χ0n) is 16.3. The SMILES string of the molecule is COc1ccc(C2=CC(=O)N3C=C(N4CCCNCC4)C=CC3P2)cc1OC. The average Bonchev–Trinajstić information content (AvgIpc) is 3.02. The molecule has 3 heterocycles. The minimum atomic E-state index is 0.0309. The second kappa shape index (κ2) is 8.38. The number of methoxy groups -OCH3 is 2. The van der Waals surface area contributed by atoms with Crippen LogP contribution >= 0.6 is 8.58 Å². The van der Waals surface area contributed by atoms with Crippen LogP contribution in [0.4, 0.5) is 0 Å². The number of allylic oxidation sites excluding steroid dienone is 1. The Hall–Kier alpha value is -2.30. The molecule has 2 unspecified atom stereocenters. The highest BCUT2D eigenvalue weighted by molar-refractivity contribution is 7.51. The van der Waals surface area contributed by atoms with Gasteiger partial charge >= 0.3 is 0 Å². The summed E-state index contributed by atoms with van der Waals surface area (Å²) in [5.41, 5.74) is 2.13. The highest BCUT2D eigenvalue weighted by Gasteiger charge is 2.29. The van der Waals surface area contributed by atoms with Crippen molar-refractivity contribution in [3.63, 3.8) is 0 Å². The molecule has 1 saturated heterocycles. The predicted octanol–water partition coefficient (Wildman–Crippen LogP) is 2.60. The van der Waals surface area contributed by atoms with Crippen LogP contribution < -0.4 is 14.8 Å². The lowest BCUT2D eigenvalue weighted by Gasteiger charge is -2.36. The van der Waals surface area contributed by atoms with Crippen molar-refractivity contribution in [3.05, 3.63) is 53.9 Å². The minimum Gasteiger partial charge on any atom is -0.493 e. The van der Waals surface area contributed by atoms with E-state index in [1.807, 2.05) is 29.3 Å². The molecule has 1 fully saturated rings. The molecule has 2 atom stereocenters. The molecule has 1 aromatic carbocycles. The van der Waals surface area contributed by atoms with Crippen LogP contribution in [0, 0.1) is 0 Å². The molecule has 1 N–H and O–H groups in total. The number of amides is 1. The summed E-state index contributed by atoms with van der Waals surface area (Å²) in [6.45, 7) is 4.02. The van der Waals surface area contributed by atoms with Crippen molar-refractivity contribution >= 4 is 19.8 Å². The number of nitrogens with one attached hydrogen (secondary N) is 1. The summed E-state index contributed by atoms with van der Waals surface area (Å²) in [5, 5.41) is 4.47. The lowest BCUT2D eigenvalue weighted by molar-refractivity contribution is -0.123. The van der Waals surface area contributed by atoms with Crippen LogP contribution in [0.3, 0.4) is 0 Å². The van der Waals surface area contributed by atoms with Crippen molar-refractivity contribution in [2.45, 2.75) is 12.2 Å². The van der Waals surface area contributed by atoms with E-state index < -0.39 is 0 Å². The number of hydrogen-bond donors (Lipinski definition) is 1. The number of ether oxygens (including phenoxy) is 2. The van der Waals surface area contributed by atoms with Crippen molar-refractivity contribution in [1.82, 2.24) is 15.1 Å². The number of hydrogen-bond acceptors (Lipinski definition) is 5. The maximum Gasteiger partial charge on any atom is 0.252 e. The van der Waals surface area contributed by atoms with E-state index in [9.17, 15) is 4.79 Å². The lowest BCUT2D eigenvalue weighted by Crippen LogP contribution is -2.38. The molecule has 1 aromatic rings.